The van der Waals surface area contributed by atoms with Gasteiger partial charge in [0.2, 0.25) is 0 Å². The molecule has 0 radical (unpaired) electrons. The highest BCUT2D eigenvalue weighted by Crippen LogP contribution is 2.49. The predicted octanol–water partition coefficient (Wildman–Crippen LogP) is 3.07. The Kier molecular flexibility index (Phi) is 3.55. The Morgan fingerprint density at radius 2 is 2.04 bits per heavy atom. The topological polar surface area (TPSA) is 63.6 Å². The first-order valence-electron chi connectivity index (χ1n) is 8.91. The Balaban J connectivity index is 1.68. The fraction of sp³-hybridized carbons (Fsp3) is 0.300. The molecular formula is C20H19ClN4O. The van der Waals surface area contributed by atoms with Gasteiger partial charge in [-0.3, -0.25) is 9.20 Å². The van der Waals surface area contributed by atoms with Gasteiger partial charge in [-0.2, -0.15) is 0 Å². The lowest BCUT2D eigenvalue weighted by Crippen LogP contribution is -2.43. The zero-order chi connectivity index (χ0) is 17.8. The van der Waals surface area contributed by atoms with Crippen LogP contribution in [0.15, 0.2) is 48.7 Å². The van der Waals surface area contributed by atoms with Gasteiger partial charge in [0.15, 0.2) is 0 Å². The summed E-state index contributed by atoms with van der Waals surface area (Å²) in [6.07, 6.45) is 2.95. The van der Waals surface area contributed by atoms with Crippen LogP contribution in [0.2, 0.25) is 5.02 Å². The van der Waals surface area contributed by atoms with Crippen molar-refractivity contribution in [3.8, 4) is 11.3 Å². The van der Waals surface area contributed by atoms with Gasteiger partial charge in [0, 0.05) is 30.9 Å². The molecule has 1 saturated heterocycles. The monoisotopic (exact) mass is 366 g/mol. The Morgan fingerprint density at radius 3 is 2.81 bits per heavy atom. The standard InChI is InChI=1S/C20H19ClN4O/c21-14-6-7-17-23-18(12-4-2-1-3-5-12)19(25(17)11-14)20(26)24-10-13-8-15(13)16(24)9-22/h1-7,11,13,15-16H,8-10,22H2/t13-,15-,16+/m0/s1. The number of nitrogens with two attached hydrogens (primary N) is 1. The molecule has 1 aliphatic heterocycles. The van der Waals surface area contributed by atoms with Crippen molar-refractivity contribution in [3.63, 3.8) is 0 Å². The van der Waals surface area contributed by atoms with Crippen LogP contribution in [-0.2, 0) is 0 Å². The number of carbonyl (C=O) groups is 1. The molecule has 26 heavy (non-hydrogen) atoms. The van der Waals surface area contributed by atoms with E-state index in [-0.39, 0.29) is 11.9 Å². The third-order valence-corrected chi connectivity index (χ3v) is 5.86. The molecule has 2 N–H and O–H groups in total. The Morgan fingerprint density at radius 1 is 1.23 bits per heavy atom. The number of nitrogens with zero attached hydrogens (tertiary/aromatic N) is 3. The number of fused-ring (bicyclic) bond motifs is 2. The van der Waals surface area contributed by atoms with Crippen molar-refractivity contribution < 1.29 is 4.79 Å². The second-order valence-corrected chi connectivity index (χ2v) is 7.61. The molecule has 3 aromatic rings. The van der Waals surface area contributed by atoms with Crippen LogP contribution in [0.4, 0.5) is 0 Å². The van der Waals surface area contributed by atoms with Crippen molar-refractivity contribution in [2.24, 2.45) is 17.6 Å². The van der Waals surface area contributed by atoms with E-state index in [1.54, 1.807) is 12.3 Å². The number of rotatable bonds is 3. The van der Waals surface area contributed by atoms with Gasteiger partial charge in [-0.1, -0.05) is 41.9 Å². The first-order valence-corrected chi connectivity index (χ1v) is 9.29. The molecule has 6 heteroatoms. The summed E-state index contributed by atoms with van der Waals surface area (Å²) in [6.45, 7) is 1.29. The largest absolute Gasteiger partial charge is 0.332 e. The minimum atomic E-state index is -0.0127. The number of pyridine rings is 1. The smallest absolute Gasteiger partial charge is 0.273 e. The number of hydrogen-bond acceptors (Lipinski definition) is 3. The molecule has 3 atom stereocenters. The van der Waals surface area contributed by atoms with Gasteiger partial charge in [0.1, 0.15) is 17.0 Å². The zero-order valence-corrected chi connectivity index (χ0v) is 14.9. The third-order valence-electron chi connectivity index (χ3n) is 5.64. The van der Waals surface area contributed by atoms with Crippen LogP contribution in [0.25, 0.3) is 16.9 Å². The molecule has 1 aliphatic carbocycles. The maximum absolute atomic E-state index is 13.5. The molecular weight excluding hydrogens is 348 g/mol. The molecule has 0 spiro atoms. The average molecular weight is 367 g/mol. The maximum Gasteiger partial charge on any atom is 0.273 e. The van der Waals surface area contributed by atoms with Gasteiger partial charge >= 0.3 is 0 Å². The Bertz CT molecular complexity index is 1000. The molecule has 2 fully saturated rings. The van der Waals surface area contributed by atoms with Crippen LogP contribution >= 0.6 is 11.6 Å². The van der Waals surface area contributed by atoms with E-state index in [2.05, 4.69) is 0 Å². The van der Waals surface area contributed by atoms with Gasteiger partial charge in [0.05, 0.1) is 5.02 Å². The van der Waals surface area contributed by atoms with Crippen LogP contribution in [0.3, 0.4) is 0 Å². The average Bonchev–Trinajstić information content (AvgIpc) is 3.18. The number of amides is 1. The molecule has 3 heterocycles. The summed E-state index contributed by atoms with van der Waals surface area (Å²) in [7, 11) is 0. The van der Waals surface area contributed by atoms with Crippen LogP contribution < -0.4 is 5.73 Å². The highest BCUT2D eigenvalue weighted by atomic mass is 35.5. The summed E-state index contributed by atoms with van der Waals surface area (Å²) in [6, 6.07) is 13.6. The first kappa shape index (κ1) is 15.9. The van der Waals surface area contributed by atoms with Gasteiger partial charge in [-0.25, -0.2) is 4.98 Å². The van der Waals surface area contributed by atoms with E-state index in [0.717, 1.165) is 12.1 Å². The fourth-order valence-electron chi connectivity index (χ4n) is 4.26. The number of carbonyl (C=O) groups excluding carboxylic acids is 1. The number of imidazole rings is 1. The number of halogens is 1. The second kappa shape index (κ2) is 5.83. The fourth-order valence-corrected chi connectivity index (χ4v) is 4.42. The van der Waals surface area contributed by atoms with Crippen LogP contribution in [0, 0.1) is 11.8 Å². The Hall–Kier alpha value is -2.37. The molecule has 1 aromatic carbocycles. The van der Waals surface area contributed by atoms with Crippen LogP contribution in [0.1, 0.15) is 16.9 Å². The summed E-state index contributed by atoms with van der Waals surface area (Å²) >= 11 is 6.20. The van der Waals surface area contributed by atoms with Crippen molar-refractivity contribution in [2.45, 2.75) is 12.5 Å². The lowest BCUT2D eigenvalue weighted by Gasteiger charge is -2.26. The molecule has 5 rings (SSSR count). The molecule has 0 bridgehead atoms. The van der Waals surface area contributed by atoms with Gasteiger partial charge in [-0.05, 0) is 30.4 Å². The van der Waals surface area contributed by atoms with Crippen molar-refractivity contribution in [1.82, 2.24) is 14.3 Å². The van der Waals surface area contributed by atoms with E-state index < -0.39 is 0 Å². The summed E-state index contributed by atoms with van der Waals surface area (Å²) in [5.41, 5.74) is 8.87. The van der Waals surface area contributed by atoms with Crippen molar-refractivity contribution in [2.75, 3.05) is 13.1 Å². The maximum atomic E-state index is 13.5. The highest BCUT2D eigenvalue weighted by molar-refractivity contribution is 6.30. The van der Waals surface area contributed by atoms with E-state index in [0.29, 0.717) is 40.4 Å². The minimum Gasteiger partial charge on any atom is -0.332 e. The molecule has 0 unspecified atom stereocenters. The summed E-state index contributed by atoms with van der Waals surface area (Å²) in [5.74, 6) is 1.16. The molecule has 1 saturated carbocycles. The summed E-state index contributed by atoms with van der Waals surface area (Å²) < 4.78 is 1.81. The van der Waals surface area contributed by atoms with Gasteiger partial charge < -0.3 is 10.6 Å². The molecule has 5 nitrogen and oxygen atoms in total. The third kappa shape index (κ3) is 2.35. The van der Waals surface area contributed by atoms with Gasteiger partial charge in [-0.15, -0.1) is 0 Å². The molecule has 2 aromatic heterocycles. The normalized spacial score (nSPS) is 24.1. The Labute approximate surface area is 156 Å². The number of aromatic nitrogens is 2. The van der Waals surface area contributed by atoms with E-state index in [1.807, 2.05) is 45.7 Å². The van der Waals surface area contributed by atoms with E-state index in [1.165, 1.54) is 6.42 Å². The first-order chi connectivity index (χ1) is 12.7. The SMILES string of the molecule is NC[C@@H]1[C@H]2C[C@H]2CN1C(=O)c1c(-c2ccccc2)nc2ccc(Cl)cn12. The predicted molar refractivity (Wildman–Crippen MR) is 101 cm³/mol. The van der Waals surface area contributed by atoms with Crippen LogP contribution in [-0.4, -0.2) is 39.3 Å². The lowest BCUT2D eigenvalue weighted by atomic mass is 10.1. The van der Waals surface area contributed by atoms with E-state index in [9.17, 15) is 4.79 Å². The molecule has 2 aliphatic rings. The van der Waals surface area contributed by atoms with Crippen LogP contribution in [0.5, 0.6) is 0 Å². The number of hydrogen-bond donors (Lipinski definition) is 1. The molecule has 132 valence electrons. The summed E-state index contributed by atoms with van der Waals surface area (Å²) in [5, 5.41) is 0.572. The zero-order valence-electron chi connectivity index (χ0n) is 14.2. The lowest BCUT2D eigenvalue weighted by molar-refractivity contribution is 0.0706. The highest BCUT2D eigenvalue weighted by Gasteiger charge is 2.53. The minimum absolute atomic E-state index is 0.0127. The quantitative estimate of drug-likeness (QED) is 0.774. The number of piperidine rings is 1. The van der Waals surface area contributed by atoms with Crippen molar-refractivity contribution >= 4 is 23.2 Å². The van der Waals surface area contributed by atoms with Crippen molar-refractivity contribution in [1.29, 1.82) is 0 Å². The second-order valence-electron chi connectivity index (χ2n) is 7.17. The number of benzene rings is 1. The summed E-state index contributed by atoms with van der Waals surface area (Å²) in [4.78, 5) is 20.2. The van der Waals surface area contributed by atoms with E-state index in [4.69, 9.17) is 22.3 Å². The number of likely N-dealkylation sites (tertiary alicyclic amines) is 1. The van der Waals surface area contributed by atoms with E-state index >= 15 is 0 Å². The molecule has 1 amide bonds. The van der Waals surface area contributed by atoms with Gasteiger partial charge in [0.25, 0.3) is 5.91 Å². The van der Waals surface area contributed by atoms with Crippen molar-refractivity contribution in [3.05, 3.63) is 59.4 Å².